The monoisotopic (exact) mass is 213 g/mol. The number of likely N-dealkylation sites (N-methyl/N-ethyl adjacent to an activating group) is 1. The van der Waals surface area contributed by atoms with Crippen LogP contribution in [0, 0.1) is 11.8 Å². The first kappa shape index (κ1) is 12.3. The van der Waals surface area contributed by atoms with Crippen LogP contribution in [0.2, 0.25) is 0 Å². The van der Waals surface area contributed by atoms with Gasteiger partial charge in [0, 0.05) is 20.1 Å². The fraction of sp³-hybridized carbons (Fsp3) is 0.909. The molecule has 1 fully saturated rings. The highest BCUT2D eigenvalue weighted by Gasteiger charge is 2.36. The van der Waals surface area contributed by atoms with E-state index in [-0.39, 0.29) is 6.03 Å². The van der Waals surface area contributed by atoms with Crippen molar-refractivity contribution in [1.29, 1.82) is 0 Å². The van der Waals surface area contributed by atoms with Crippen molar-refractivity contribution in [2.24, 2.45) is 17.6 Å². The van der Waals surface area contributed by atoms with Crippen LogP contribution >= 0.6 is 0 Å². The molecular formula is C11H23N3O. The molecule has 4 nitrogen and oxygen atoms in total. The van der Waals surface area contributed by atoms with E-state index in [2.05, 4.69) is 20.8 Å². The predicted molar refractivity (Wildman–Crippen MR) is 61.6 cm³/mol. The first-order chi connectivity index (χ1) is 6.97. The predicted octanol–water partition coefficient (Wildman–Crippen LogP) is 0.973. The number of urea groups is 1. The molecule has 2 atom stereocenters. The summed E-state index contributed by atoms with van der Waals surface area (Å²) in [5, 5.41) is 0. The summed E-state index contributed by atoms with van der Waals surface area (Å²) >= 11 is 0. The lowest BCUT2D eigenvalue weighted by molar-refractivity contribution is 0.188. The van der Waals surface area contributed by atoms with Gasteiger partial charge in [0.05, 0.1) is 6.04 Å². The number of nitrogens with two attached hydrogens (primary N) is 1. The smallest absolute Gasteiger partial charge is 0.320 e. The van der Waals surface area contributed by atoms with Gasteiger partial charge in [0.1, 0.15) is 0 Å². The Hall–Kier alpha value is -0.770. The largest absolute Gasteiger partial charge is 0.330 e. The molecule has 1 aliphatic rings. The van der Waals surface area contributed by atoms with E-state index < -0.39 is 0 Å². The van der Waals surface area contributed by atoms with Crippen molar-refractivity contribution in [3.63, 3.8) is 0 Å². The molecule has 0 spiro atoms. The van der Waals surface area contributed by atoms with Gasteiger partial charge in [0.15, 0.2) is 0 Å². The average molecular weight is 213 g/mol. The summed E-state index contributed by atoms with van der Waals surface area (Å²) < 4.78 is 0. The van der Waals surface area contributed by atoms with Crippen LogP contribution in [0.15, 0.2) is 0 Å². The number of nitrogens with zero attached hydrogens (tertiary/aromatic N) is 2. The minimum atomic E-state index is 0.147. The number of carbonyl (C=O) groups is 1. The lowest BCUT2D eigenvalue weighted by atomic mass is 10.0. The van der Waals surface area contributed by atoms with E-state index in [1.165, 1.54) is 0 Å². The van der Waals surface area contributed by atoms with Crippen LogP contribution < -0.4 is 5.73 Å². The summed E-state index contributed by atoms with van der Waals surface area (Å²) in [6.07, 6.45) is 0. The fourth-order valence-electron chi connectivity index (χ4n) is 2.05. The maximum absolute atomic E-state index is 11.9. The highest BCUT2D eigenvalue weighted by atomic mass is 16.2. The van der Waals surface area contributed by atoms with E-state index in [1.807, 2.05) is 16.8 Å². The third kappa shape index (κ3) is 2.62. The van der Waals surface area contributed by atoms with E-state index in [9.17, 15) is 4.79 Å². The van der Waals surface area contributed by atoms with Crippen molar-refractivity contribution in [3.8, 4) is 0 Å². The Morgan fingerprint density at radius 2 is 2.07 bits per heavy atom. The van der Waals surface area contributed by atoms with Crippen molar-refractivity contribution >= 4 is 6.03 Å². The molecule has 4 heteroatoms. The van der Waals surface area contributed by atoms with E-state index in [0.29, 0.717) is 24.4 Å². The van der Waals surface area contributed by atoms with Crippen molar-refractivity contribution in [3.05, 3.63) is 0 Å². The lowest BCUT2D eigenvalue weighted by Crippen LogP contribution is -2.35. The second-order valence-electron chi connectivity index (χ2n) is 4.95. The molecule has 0 saturated carbocycles. The van der Waals surface area contributed by atoms with Gasteiger partial charge >= 0.3 is 6.03 Å². The first-order valence-corrected chi connectivity index (χ1v) is 5.69. The van der Waals surface area contributed by atoms with Crippen LogP contribution in [-0.2, 0) is 0 Å². The summed E-state index contributed by atoms with van der Waals surface area (Å²) in [7, 11) is 1.89. The Balaban J connectivity index is 2.59. The topological polar surface area (TPSA) is 49.6 Å². The Morgan fingerprint density at radius 3 is 2.47 bits per heavy atom. The van der Waals surface area contributed by atoms with E-state index in [0.717, 1.165) is 13.1 Å². The van der Waals surface area contributed by atoms with Crippen LogP contribution in [0.1, 0.15) is 20.8 Å². The molecule has 1 rings (SSSR count). The summed E-state index contributed by atoms with van der Waals surface area (Å²) in [4.78, 5) is 15.7. The number of hydrogen-bond acceptors (Lipinski definition) is 2. The van der Waals surface area contributed by atoms with Gasteiger partial charge in [0.25, 0.3) is 0 Å². The molecule has 1 aliphatic heterocycles. The summed E-state index contributed by atoms with van der Waals surface area (Å²) in [6.45, 7) is 8.66. The maximum atomic E-state index is 11.9. The fourth-order valence-corrected chi connectivity index (χ4v) is 2.05. The molecule has 0 aliphatic carbocycles. The Morgan fingerprint density at radius 1 is 1.47 bits per heavy atom. The summed E-state index contributed by atoms with van der Waals surface area (Å²) in [5.74, 6) is 0.894. The van der Waals surface area contributed by atoms with Crippen molar-refractivity contribution < 1.29 is 4.79 Å². The summed E-state index contributed by atoms with van der Waals surface area (Å²) in [6, 6.07) is 0.497. The summed E-state index contributed by atoms with van der Waals surface area (Å²) in [5.41, 5.74) is 5.57. The molecular weight excluding hydrogens is 190 g/mol. The van der Waals surface area contributed by atoms with Gasteiger partial charge in [-0.3, -0.25) is 0 Å². The van der Waals surface area contributed by atoms with Gasteiger partial charge in [0.2, 0.25) is 0 Å². The van der Waals surface area contributed by atoms with Crippen molar-refractivity contribution in [2.75, 3.05) is 26.7 Å². The molecule has 88 valence electrons. The minimum Gasteiger partial charge on any atom is -0.330 e. The minimum absolute atomic E-state index is 0.147. The number of hydrogen-bond donors (Lipinski definition) is 1. The standard InChI is InChI=1S/C11H23N3O/c1-8(2)10-7-14(6-9(3)5-12)11(15)13(10)4/h8-10H,5-7,12H2,1-4H3. The Kier molecular flexibility index (Phi) is 3.97. The molecule has 0 aromatic heterocycles. The van der Waals surface area contributed by atoms with E-state index >= 15 is 0 Å². The number of carbonyl (C=O) groups excluding carboxylic acids is 1. The number of amides is 2. The van der Waals surface area contributed by atoms with Crippen LogP contribution in [0.4, 0.5) is 4.79 Å². The van der Waals surface area contributed by atoms with Crippen molar-refractivity contribution in [1.82, 2.24) is 9.80 Å². The lowest BCUT2D eigenvalue weighted by Gasteiger charge is -2.20. The Labute approximate surface area is 92.4 Å². The molecule has 0 radical (unpaired) electrons. The number of rotatable bonds is 4. The van der Waals surface area contributed by atoms with Gasteiger partial charge in [-0.1, -0.05) is 20.8 Å². The Bertz CT molecular complexity index is 230. The average Bonchev–Trinajstić information content (AvgIpc) is 2.46. The van der Waals surface area contributed by atoms with E-state index in [4.69, 9.17) is 5.73 Å². The van der Waals surface area contributed by atoms with Gasteiger partial charge in [-0.25, -0.2) is 4.79 Å². The molecule has 1 saturated heterocycles. The quantitative estimate of drug-likeness (QED) is 0.756. The molecule has 0 aromatic carbocycles. The van der Waals surface area contributed by atoms with Crippen LogP contribution in [0.5, 0.6) is 0 Å². The van der Waals surface area contributed by atoms with Gasteiger partial charge in [-0.2, -0.15) is 0 Å². The van der Waals surface area contributed by atoms with Crippen LogP contribution in [0.25, 0.3) is 0 Å². The zero-order valence-electron chi connectivity index (χ0n) is 10.2. The second-order valence-corrected chi connectivity index (χ2v) is 4.95. The molecule has 0 aromatic rings. The normalized spacial score (nSPS) is 24.1. The maximum Gasteiger partial charge on any atom is 0.320 e. The molecule has 2 N–H and O–H groups in total. The second kappa shape index (κ2) is 4.84. The zero-order valence-corrected chi connectivity index (χ0v) is 10.2. The molecule has 2 unspecified atom stereocenters. The van der Waals surface area contributed by atoms with Crippen LogP contribution in [0.3, 0.4) is 0 Å². The van der Waals surface area contributed by atoms with E-state index in [1.54, 1.807) is 0 Å². The van der Waals surface area contributed by atoms with Gasteiger partial charge in [-0.15, -0.1) is 0 Å². The molecule has 2 amide bonds. The third-order valence-corrected chi connectivity index (χ3v) is 3.18. The third-order valence-electron chi connectivity index (χ3n) is 3.18. The zero-order chi connectivity index (χ0) is 11.6. The highest BCUT2D eigenvalue weighted by Crippen LogP contribution is 2.20. The molecule has 0 bridgehead atoms. The van der Waals surface area contributed by atoms with Crippen LogP contribution in [-0.4, -0.2) is 48.6 Å². The first-order valence-electron chi connectivity index (χ1n) is 5.69. The van der Waals surface area contributed by atoms with Crippen molar-refractivity contribution in [2.45, 2.75) is 26.8 Å². The SMILES string of the molecule is CC(CN)CN1CC(C(C)C)N(C)C1=O. The van der Waals surface area contributed by atoms with Gasteiger partial charge < -0.3 is 15.5 Å². The highest BCUT2D eigenvalue weighted by molar-refractivity contribution is 5.76. The molecule has 1 heterocycles. The molecule has 15 heavy (non-hydrogen) atoms. The van der Waals surface area contributed by atoms with Gasteiger partial charge in [-0.05, 0) is 18.4 Å².